The van der Waals surface area contributed by atoms with Gasteiger partial charge in [-0.15, -0.1) is 0 Å². The van der Waals surface area contributed by atoms with Gasteiger partial charge < -0.3 is 10.6 Å². The lowest BCUT2D eigenvalue weighted by molar-refractivity contribution is 0.522. The Labute approximate surface area is 194 Å². The maximum absolute atomic E-state index is 6.71. The minimum Gasteiger partial charge on any atom is -0.354 e. The van der Waals surface area contributed by atoms with Crippen LogP contribution in [-0.4, -0.2) is 54.6 Å². The van der Waals surface area contributed by atoms with Crippen molar-refractivity contribution in [3.8, 4) is 11.3 Å². The molecule has 9 nitrogen and oxygen atoms in total. The second-order valence-corrected chi connectivity index (χ2v) is 8.80. The van der Waals surface area contributed by atoms with E-state index < -0.39 is 0 Å². The van der Waals surface area contributed by atoms with E-state index in [1.54, 1.807) is 10.9 Å². The van der Waals surface area contributed by atoms with Gasteiger partial charge in [0, 0.05) is 55.1 Å². The molecule has 0 saturated carbocycles. The highest BCUT2D eigenvalue weighted by Crippen LogP contribution is 2.37. The summed E-state index contributed by atoms with van der Waals surface area (Å²) in [5.41, 5.74) is 10.8. The number of H-pyrrole nitrogens is 1. The maximum Gasteiger partial charge on any atom is 0.202 e. The van der Waals surface area contributed by atoms with Gasteiger partial charge in [0.05, 0.1) is 22.4 Å². The molecule has 0 spiro atoms. The van der Waals surface area contributed by atoms with E-state index in [1.165, 1.54) is 0 Å². The largest absolute Gasteiger partial charge is 0.354 e. The number of hydrogen-bond acceptors (Lipinski definition) is 7. The van der Waals surface area contributed by atoms with Gasteiger partial charge in [-0.3, -0.25) is 14.8 Å². The lowest BCUT2D eigenvalue weighted by Crippen LogP contribution is -2.23. The van der Waals surface area contributed by atoms with Gasteiger partial charge in [0.25, 0.3) is 0 Å². The highest BCUT2D eigenvalue weighted by molar-refractivity contribution is 6.38. The molecule has 5 aromatic rings. The number of aromatic nitrogens is 7. The Balaban J connectivity index is 1.34. The number of pyridine rings is 1. The number of hydrogen-bond donors (Lipinski definition) is 2. The van der Waals surface area contributed by atoms with E-state index in [4.69, 9.17) is 27.3 Å². The first kappa shape index (κ1) is 20.1. The van der Waals surface area contributed by atoms with Crippen molar-refractivity contribution in [3.63, 3.8) is 0 Å². The van der Waals surface area contributed by atoms with E-state index in [1.807, 2.05) is 43.7 Å². The lowest BCUT2D eigenvalue weighted by atomic mass is 9.93. The van der Waals surface area contributed by atoms with Crippen LogP contribution in [0.15, 0.2) is 48.9 Å². The fourth-order valence-corrected chi connectivity index (χ4v) is 5.03. The summed E-state index contributed by atoms with van der Waals surface area (Å²) in [6.07, 6.45) is 5.53. The molecule has 0 radical (unpaired) electrons. The molecule has 1 aromatic carbocycles. The van der Waals surface area contributed by atoms with Crippen LogP contribution in [0.1, 0.15) is 11.6 Å². The van der Waals surface area contributed by atoms with Gasteiger partial charge in [-0.25, -0.2) is 9.97 Å². The summed E-state index contributed by atoms with van der Waals surface area (Å²) < 4.78 is 1.75. The molecule has 1 fully saturated rings. The van der Waals surface area contributed by atoms with Gasteiger partial charge in [-0.2, -0.15) is 10.2 Å². The Hall–Kier alpha value is -3.56. The predicted molar refractivity (Wildman–Crippen MR) is 128 cm³/mol. The van der Waals surface area contributed by atoms with E-state index >= 15 is 0 Å². The molecule has 5 heterocycles. The van der Waals surface area contributed by atoms with Gasteiger partial charge in [0.1, 0.15) is 11.3 Å². The number of aromatic amines is 1. The van der Waals surface area contributed by atoms with Crippen LogP contribution in [0.5, 0.6) is 0 Å². The fraction of sp³-hybridized carbons (Fsp3) is 0.261. The van der Waals surface area contributed by atoms with E-state index in [0.29, 0.717) is 28.6 Å². The van der Waals surface area contributed by atoms with Gasteiger partial charge in [-0.05, 0) is 36.7 Å². The summed E-state index contributed by atoms with van der Waals surface area (Å²) in [6, 6.07) is 9.89. The maximum atomic E-state index is 6.71. The molecule has 6 rings (SSSR count). The van der Waals surface area contributed by atoms with Crippen LogP contribution in [0.3, 0.4) is 0 Å². The number of nitrogens with two attached hydrogens (primary N) is 1. The second-order valence-electron chi connectivity index (χ2n) is 8.42. The van der Waals surface area contributed by atoms with Crippen molar-refractivity contribution in [1.82, 2.24) is 34.9 Å². The van der Waals surface area contributed by atoms with Gasteiger partial charge in [-0.1, -0.05) is 17.7 Å². The van der Waals surface area contributed by atoms with Gasteiger partial charge >= 0.3 is 0 Å². The fourth-order valence-electron chi connectivity index (χ4n) is 4.73. The predicted octanol–water partition coefficient (Wildman–Crippen LogP) is 3.13. The molecule has 4 aromatic heterocycles. The molecule has 3 N–H and O–H groups in total. The quantitative estimate of drug-likeness (QED) is 0.424. The summed E-state index contributed by atoms with van der Waals surface area (Å²) in [4.78, 5) is 16.3. The Morgan fingerprint density at radius 1 is 1.18 bits per heavy atom. The third-order valence-corrected chi connectivity index (χ3v) is 6.80. The average molecular weight is 460 g/mol. The molecule has 1 aliphatic heterocycles. The van der Waals surface area contributed by atoms with Crippen LogP contribution in [-0.2, 0) is 7.05 Å². The van der Waals surface area contributed by atoms with E-state index in [9.17, 15) is 0 Å². The topological polar surface area (TPSA) is 114 Å². The number of halogens is 1. The Bertz CT molecular complexity index is 1460. The summed E-state index contributed by atoms with van der Waals surface area (Å²) in [6.45, 7) is 2.19. The number of nitrogens with one attached hydrogen (secondary N) is 1. The van der Waals surface area contributed by atoms with Crippen LogP contribution in [0, 0.1) is 5.92 Å². The zero-order chi connectivity index (χ0) is 22.5. The standard InChI is InChI=1S/C23H22ClN9/c1-32-11-16-18(31-32)6-5-14(20(16)24)21-22-23(30-29-21)28-19(9-27-22)33-10-13(8-25)15(12-33)17-4-2-3-7-26-17/h2-7,9,11,13,15H,8,10,12,25H2,1H3,(H,28,29,30)/t13-,15?/m1/s1. The third-order valence-electron chi connectivity index (χ3n) is 6.39. The molecule has 0 aliphatic carbocycles. The molecule has 0 bridgehead atoms. The van der Waals surface area contributed by atoms with Crippen LogP contribution in [0.4, 0.5) is 5.82 Å². The molecule has 10 heteroatoms. The monoisotopic (exact) mass is 459 g/mol. The molecule has 33 heavy (non-hydrogen) atoms. The first-order valence-electron chi connectivity index (χ1n) is 10.8. The van der Waals surface area contributed by atoms with E-state index in [0.717, 1.165) is 46.8 Å². The van der Waals surface area contributed by atoms with Gasteiger partial charge in [0.15, 0.2) is 0 Å². The number of anilines is 1. The molecule has 1 aliphatic rings. The summed E-state index contributed by atoms with van der Waals surface area (Å²) >= 11 is 6.71. The van der Waals surface area contributed by atoms with Crippen molar-refractivity contribution >= 4 is 39.5 Å². The zero-order valence-electron chi connectivity index (χ0n) is 18.0. The first-order chi connectivity index (χ1) is 16.1. The second kappa shape index (κ2) is 7.79. The minimum absolute atomic E-state index is 0.258. The highest BCUT2D eigenvalue weighted by Gasteiger charge is 2.34. The van der Waals surface area contributed by atoms with Crippen molar-refractivity contribution in [1.29, 1.82) is 0 Å². The molecular weight excluding hydrogens is 438 g/mol. The minimum atomic E-state index is 0.258. The zero-order valence-corrected chi connectivity index (χ0v) is 18.7. The number of rotatable bonds is 4. The Morgan fingerprint density at radius 3 is 2.91 bits per heavy atom. The van der Waals surface area contributed by atoms with Crippen LogP contribution in [0.25, 0.3) is 33.3 Å². The van der Waals surface area contributed by atoms with Crippen molar-refractivity contribution < 1.29 is 0 Å². The van der Waals surface area contributed by atoms with E-state index in [2.05, 4.69) is 31.2 Å². The first-order valence-corrected chi connectivity index (χ1v) is 11.2. The van der Waals surface area contributed by atoms with Gasteiger partial charge in [0.2, 0.25) is 5.65 Å². The van der Waals surface area contributed by atoms with Crippen molar-refractivity contribution in [3.05, 3.63) is 59.6 Å². The molecule has 1 unspecified atom stereocenters. The van der Waals surface area contributed by atoms with E-state index in [-0.39, 0.29) is 5.92 Å². The van der Waals surface area contributed by atoms with Crippen molar-refractivity contribution in [2.24, 2.45) is 18.7 Å². The number of fused-ring (bicyclic) bond motifs is 2. The van der Waals surface area contributed by atoms with Crippen LogP contribution in [0.2, 0.25) is 5.02 Å². The van der Waals surface area contributed by atoms with Crippen LogP contribution >= 0.6 is 11.6 Å². The van der Waals surface area contributed by atoms with Crippen molar-refractivity contribution in [2.45, 2.75) is 5.92 Å². The number of nitrogens with zero attached hydrogens (tertiary/aromatic N) is 7. The molecule has 2 atom stereocenters. The molecule has 166 valence electrons. The normalized spacial score (nSPS) is 18.6. The van der Waals surface area contributed by atoms with Crippen LogP contribution < -0.4 is 10.6 Å². The Kier molecular flexibility index (Phi) is 4.74. The summed E-state index contributed by atoms with van der Waals surface area (Å²) in [7, 11) is 1.88. The Morgan fingerprint density at radius 2 is 2.09 bits per heavy atom. The number of benzene rings is 1. The summed E-state index contributed by atoms with van der Waals surface area (Å²) in [5, 5.41) is 13.4. The molecule has 0 amide bonds. The molecule has 1 saturated heterocycles. The lowest BCUT2D eigenvalue weighted by Gasteiger charge is -2.16. The molecular formula is C23H22ClN9. The number of aryl methyl sites for hydroxylation is 1. The SMILES string of the molecule is Cn1cc2c(Cl)c(-c3[nH]nc4nc(N5CC(c6ccccn6)[C@H](CN)C5)cnc34)ccc2n1. The summed E-state index contributed by atoms with van der Waals surface area (Å²) in [5.74, 6) is 1.34. The highest BCUT2D eigenvalue weighted by atomic mass is 35.5. The van der Waals surface area contributed by atoms with Crippen molar-refractivity contribution in [2.75, 3.05) is 24.5 Å². The average Bonchev–Trinajstić information content (AvgIpc) is 3.55. The third kappa shape index (κ3) is 3.32. The smallest absolute Gasteiger partial charge is 0.202 e.